The molecule has 0 aliphatic carbocycles. The summed E-state index contributed by atoms with van der Waals surface area (Å²) in [6.07, 6.45) is 0.394. The summed E-state index contributed by atoms with van der Waals surface area (Å²) >= 11 is 12.4. The number of aromatic carboxylic acids is 1. The highest BCUT2D eigenvalue weighted by Gasteiger charge is 2.29. The van der Waals surface area contributed by atoms with Gasteiger partial charge in [-0.25, -0.2) is 19.2 Å². The summed E-state index contributed by atoms with van der Waals surface area (Å²) in [5.41, 5.74) is 2.87. The van der Waals surface area contributed by atoms with Crippen molar-refractivity contribution in [2.75, 3.05) is 20.2 Å². The van der Waals surface area contributed by atoms with E-state index < -0.39 is 23.1 Å². The Hall–Kier alpha value is -3.50. The molecule has 43 heavy (non-hydrogen) atoms. The predicted molar refractivity (Wildman–Crippen MR) is 162 cm³/mol. The van der Waals surface area contributed by atoms with Gasteiger partial charge in [-0.3, -0.25) is 0 Å². The number of hydrogen-bond acceptors (Lipinski definition) is 7. The Morgan fingerprint density at radius 2 is 1.12 bits per heavy atom. The Balaban J connectivity index is 0.000000236. The molecule has 2 amide bonds. The fourth-order valence-corrected chi connectivity index (χ4v) is 5.34. The van der Waals surface area contributed by atoms with Crippen LogP contribution in [0.4, 0.5) is 9.59 Å². The van der Waals surface area contributed by atoms with Gasteiger partial charge in [-0.2, -0.15) is 0 Å². The van der Waals surface area contributed by atoms with Gasteiger partial charge in [0, 0.05) is 26.2 Å². The maximum absolute atomic E-state index is 12.1. The number of rotatable bonds is 2. The number of ether oxygens (including phenoxy) is 3. The topological polar surface area (TPSA) is 123 Å². The van der Waals surface area contributed by atoms with Crippen molar-refractivity contribution in [1.82, 2.24) is 9.80 Å². The van der Waals surface area contributed by atoms with Gasteiger partial charge in [-0.15, -0.1) is 0 Å². The van der Waals surface area contributed by atoms with E-state index in [2.05, 4.69) is 0 Å². The molecule has 2 heterocycles. The van der Waals surface area contributed by atoms with Crippen LogP contribution in [0, 0.1) is 0 Å². The van der Waals surface area contributed by atoms with Crippen LogP contribution in [0.3, 0.4) is 0 Å². The van der Waals surface area contributed by atoms with Gasteiger partial charge in [0.25, 0.3) is 0 Å². The fraction of sp³-hybridized carbons (Fsp3) is 0.484. The van der Waals surface area contributed by atoms with E-state index in [1.165, 1.54) is 13.2 Å². The smallest absolute Gasteiger partial charge is 0.410 e. The van der Waals surface area contributed by atoms with Gasteiger partial charge in [0.1, 0.15) is 11.2 Å². The molecular formula is C31H38Cl2N2O8. The number of carboxylic acids is 1. The Bertz CT molecular complexity index is 1410. The normalized spacial score (nSPS) is 14.4. The van der Waals surface area contributed by atoms with Crippen LogP contribution in [-0.2, 0) is 40.1 Å². The summed E-state index contributed by atoms with van der Waals surface area (Å²) in [6, 6.07) is 6.62. The van der Waals surface area contributed by atoms with Gasteiger partial charge in [-0.05, 0) is 88.8 Å². The number of hydrogen-bond donors (Lipinski definition) is 1. The molecule has 0 spiro atoms. The van der Waals surface area contributed by atoms with E-state index in [-0.39, 0.29) is 22.8 Å². The monoisotopic (exact) mass is 636 g/mol. The van der Waals surface area contributed by atoms with Gasteiger partial charge in [-0.1, -0.05) is 35.3 Å². The summed E-state index contributed by atoms with van der Waals surface area (Å²) < 4.78 is 15.4. The molecule has 12 heteroatoms. The third kappa shape index (κ3) is 8.76. The van der Waals surface area contributed by atoms with E-state index >= 15 is 0 Å². The summed E-state index contributed by atoms with van der Waals surface area (Å²) in [4.78, 5) is 50.2. The number of methoxy groups -OCH3 is 1. The lowest BCUT2D eigenvalue weighted by atomic mass is 9.97. The number of carboxylic acid groups (broad SMARTS) is 1. The maximum Gasteiger partial charge on any atom is 0.410 e. The van der Waals surface area contributed by atoms with Gasteiger partial charge < -0.3 is 29.1 Å². The van der Waals surface area contributed by atoms with Crippen molar-refractivity contribution in [3.63, 3.8) is 0 Å². The lowest BCUT2D eigenvalue weighted by Gasteiger charge is -2.31. The van der Waals surface area contributed by atoms with Crippen molar-refractivity contribution in [3.05, 3.63) is 67.7 Å². The minimum absolute atomic E-state index is 0.0983. The van der Waals surface area contributed by atoms with Gasteiger partial charge in [0.15, 0.2) is 0 Å². The van der Waals surface area contributed by atoms with Crippen molar-refractivity contribution in [2.24, 2.45) is 0 Å². The molecule has 0 fully saturated rings. The molecule has 0 bridgehead atoms. The van der Waals surface area contributed by atoms with E-state index in [9.17, 15) is 19.2 Å². The molecule has 0 aromatic heterocycles. The second-order valence-corrected chi connectivity index (χ2v) is 13.0. The Morgan fingerprint density at radius 1 is 0.721 bits per heavy atom. The van der Waals surface area contributed by atoms with Crippen LogP contribution < -0.4 is 0 Å². The highest BCUT2D eigenvalue weighted by atomic mass is 35.5. The number of fused-ring (bicyclic) bond motifs is 2. The second-order valence-electron chi connectivity index (χ2n) is 12.2. The number of benzene rings is 2. The number of esters is 1. The van der Waals surface area contributed by atoms with Crippen LogP contribution >= 0.6 is 23.2 Å². The minimum atomic E-state index is -1.04. The SMILES string of the molecule is CC(C)(C)OC(=O)N1CCc2c(ccc(C(=O)O)c2Cl)C1.COC(=O)c1ccc2c(c1Cl)CCN(C(=O)OC(C)(C)C)C2. The molecule has 0 radical (unpaired) electrons. The first-order chi connectivity index (χ1) is 19.9. The molecular weight excluding hydrogens is 599 g/mol. The number of halogens is 2. The molecule has 0 unspecified atom stereocenters. The van der Waals surface area contributed by atoms with Crippen molar-refractivity contribution in [3.8, 4) is 0 Å². The Kier molecular flexibility index (Phi) is 10.6. The van der Waals surface area contributed by atoms with Crippen LogP contribution in [0.1, 0.15) is 84.5 Å². The lowest BCUT2D eigenvalue weighted by Crippen LogP contribution is -2.40. The molecule has 0 saturated carbocycles. The first-order valence-electron chi connectivity index (χ1n) is 13.8. The number of carbonyl (C=O) groups excluding carboxylic acids is 3. The maximum atomic E-state index is 12.1. The quantitative estimate of drug-likeness (QED) is 0.284. The van der Waals surface area contributed by atoms with Gasteiger partial charge >= 0.3 is 24.1 Å². The third-order valence-corrected chi connectivity index (χ3v) is 7.47. The predicted octanol–water partition coefficient (Wildman–Crippen LogP) is 6.75. The Morgan fingerprint density at radius 3 is 1.49 bits per heavy atom. The summed E-state index contributed by atoms with van der Waals surface area (Å²) in [7, 11) is 1.32. The third-order valence-electron chi connectivity index (χ3n) is 6.61. The van der Waals surface area contributed by atoms with E-state index in [1.807, 2.05) is 47.6 Å². The van der Waals surface area contributed by atoms with E-state index in [0.29, 0.717) is 49.6 Å². The molecule has 1 N–H and O–H groups in total. The molecule has 0 saturated heterocycles. The molecule has 2 aliphatic heterocycles. The van der Waals surface area contributed by atoms with Crippen LogP contribution in [0.15, 0.2) is 24.3 Å². The van der Waals surface area contributed by atoms with Crippen LogP contribution in [-0.4, -0.2) is 70.4 Å². The van der Waals surface area contributed by atoms with Gasteiger partial charge in [0.2, 0.25) is 0 Å². The first kappa shape index (κ1) is 34.0. The average molecular weight is 638 g/mol. The molecule has 4 rings (SSSR count). The highest BCUT2D eigenvalue weighted by molar-refractivity contribution is 6.34. The van der Waals surface area contributed by atoms with Crippen LogP contribution in [0.5, 0.6) is 0 Å². The van der Waals surface area contributed by atoms with Crippen molar-refractivity contribution < 1.29 is 38.5 Å². The van der Waals surface area contributed by atoms with Gasteiger partial charge in [0.05, 0.1) is 28.3 Å². The second kappa shape index (κ2) is 13.4. The van der Waals surface area contributed by atoms with Crippen molar-refractivity contribution >= 4 is 47.3 Å². The van der Waals surface area contributed by atoms with E-state index in [1.54, 1.807) is 21.9 Å². The highest BCUT2D eigenvalue weighted by Crippen LogP contribution is 2.31. The largest absolute Gasteiger partial charge is 0.478 e. The van der Waals surface area contributed by atoms with Crippen LogP contribution in [0.2, 0.25) is 10.0 Å². The summed E-state index contributed by atoms with van der Waals surface area (Å²) in [5.74, 6) is -1.50. The molecule has 2 aromatic rings. The number of nitrogens with zero attached hydrogens (tertiary/aromatic N) is 2. The van der Waals surface area contributed by atoms with Crippen molar-refractivity contribution in [2.45, 2.75) is 78.7 Å². The molecule has 0 atom stereocenters. The average Bonchev–Trinajstić information content (AvgIpc) is 2.91. The summed E-state index contributed by atoms with van der Waals surface area (Å²) in [5, 5.41) is 9.74. The molecule has 2 aromatic carbocycles. The standard InChI is InChI=1S/C16H20ClNO4.C15H18ClNO4/c1-16(2,3)22-15(20)18-8-7-11-10(9-18)5-6-12(13(11)17)14(19)21-4;1-15(2,3)21-14(20)17-7-6-10-9(8-17)4-5-11(12(10)16)13(18)19/h5-6H,7-9H2,1-4H3;4-5H,6-8H2,1-3H3,(H,18,19). The zero-order chi connectivity index (χ0) is 32.3. The van der Waals surface area contributed by atoms with Crippen LogP contribution in [0.25, 0.3) is 0 Å². The fourth-order valence-electron chi connectivity index (χ4n) is 4.62. The Labute approximate surface area is 261 Å². The van der Waals surface area contributed by atoms with E-state index in [0.717, 1.165) is 22.3 Å². The first-order valence-corrected chi connectivity index (χ1v) is 14.6. The van der Waals surface area contributed by atoms with E-state index in [4.69, 9.17) is 42.5 Å². The minimum Gasteiger partial charge on any atom is -0.478 e. The molecule has 2 aliphatic rings. The number of carbonyl (C=O) groups is 4. The zero-order valence-electron chi connectivity index (χ0n) is 25.5. The molecule has 10 nitrogen and oxygen atoms in total. The zero-order valence-corrected chi connectivity index (χ0v) is 27.0. The number of amides is 2. The summed E-state index contributed by atoms with van der Waals surface area (Å²) in [6.45, 7) is 12.7. The molecule has 234 valence electrons. The lowest BCUT2D eigenvalue weighted by molar-refractivity contribution is 0.0214. The van der Waals surface area contributed by atoms with Crippen molar-refractivity contribution in [1.29, 1.82) is 0 Å².